The third-order valence-electron chi connectivity index (χ3n) is 9.63. The lowest BCUT2D eigenvalue weighted by molar-refractivity contribution is -0.385. The monoisotopic (exact) mass is 749 g/mol. The summed E-state index contributed by atoms with van der Waals surface area (Å²) in [5, 5.41) is 33.0. The first-order chi connectivity index (χ1) is 25.3. The van der Waals surface area contributed by atoms with Gasteiger partial charge < -0.3 is 19.3 Å². The van der Waals surface area contributed by atoms with Gasteiger partial charge in [0.15, 0.2) is 0 Å². The Hall–Kier alpha value is -5.92. The highest BCUT2D eigenvalue weighted by molar-refractivity contribution is 8.03. The number of thioether (sulfide) groups is 1. The molecule has 278 valence electrons. The molecule has 4 heterocycles. The minimum Gasteiger partial charge on any atom is -0.456 e. The van der Waals surface area contributed by atoms with Crippen molar-refractivity contribution in [3.8, 4) is 0 Å². The zero-order chi connectivity index (χ0) is 38.1. The molecule has 3 aromatic rings. The molecule has 6 rings (SSSR count). The van der Waals surface area contributed by atoms with Crippen LogP contribution >= 0.6 is 11.8 Å². The molecular formula is C33H35N9O10S. The number of likely N-dealkylation sites (N-methyl/N-ethyl adjacent to an activating group) is 1. The zero-order valence-electron chi connectivity index (χ0n) is 29.0. The Morgan fingerprint density at radius 1 is 0.981 bits per heavy atom. The maximum atomic E-state index is 13.9. The van der Waals surface area contributed by atoms with E-state index in [9.17, 15) is 39.4 Å². The predicted molar refractivity (Wildman–Crippen MR) is 184 cm³/mol. The van der Waals surface area contributed by atoms with Crippen LogP contribution in [0.2, 0.25) is 0 Å². The fourth-order valence-corrected chi connectivity index (χ4v) is 8.38. The molecule has 0 saturated carbocycles. The predicted octanol–water partition coefficient (Wildman–Crippen LogP) is 3.08. The van der Waals surface area contributed by atoms with E-state index >= 15 is 0 Å². The summed E-state index contributed by atoms with van der Waals surface area (Å²) in [6, 6.07) is 9.36. The second kappa shape index (κ2) is 15.0. The van der Waals surface area contributed by atoms with Gasteiger partial charge in [0.05, 0.1) is 27.8 Å². The summed E-state index contributed by atoms with van der Waals surface area (Å²) >= 11 is 1.30. The SMILES string of the molecule is CC([C@H]1C(=O)N2C(C(=O)OCc3ccc([N+](=O)[O-])cc3)=C(S[C@H]3C[C@@H](C(=O)N(C)C)N(C(=O)OCc4ccc([N+](=O)[O-])cc4)C3)[C@H](C)[C@H]12)n1cnnn1. The van der Waals surface area contributed by atoms with Crippen LogP contribution in [0, 0.1) is 32.1 Å². The first-order valence-electron chi connectivity index (χ1n) is 16.5. The van der Waals surface area contributed by atoms with Gasteiger partial charge in [-0.25, -0.2) is 14.3 Å². The van der Waals surface area contributed by atoms with Crippen molar-refractivity contribution in [1.29, 1.82) is 0 Å². The van der Waals surface area contributed by atoms with Gasteiger partial charge in [0.1, 0.15) is 31.3 Å². The molecule has 19 nitrogen and oxygen atoms in total. The van der Waals surface area contributed by atoms with E-state index < -0.39 is 51.2 Å². The standard InChI is InChI=1S/C33H35N9O10S/c1-18-27-26(19(2)39-17-34-35-36-39)31(44)40(27)28(32(45)51-15-20-5-9-22(10-6-20)41(47)48)29(18)53-24-13-25(30(43)37(3)4)38(14-24)33(46)52-16-21-7-11-23(12-8-21)42(49)50/h5-12,17-19,24-27H,13-16H2,1-4H3/t18-,19?,24+,25+,26-,27-/m1/s1. The van der Waals surface area contributed by atoms with Gasteiger partial charge in [0.2, 0.25) is 11.8 Å². The number of non-ortho nitro benzene ring substituents is 2. The average molecular weight is 750 g/mol. The van der Waals surface area contributed by atoms with Crippen LogP contribution in [0.15, 0.2) is 65.5 Å². The quantitative estimate of drug-likeness (QED) is 0.112. The maximum absolute atomic E-state index is 13.9. The smallest absolute Gasteiger partial charge is 0.410 e. The van der Waals surface area contributed by atoms with E-state index in [0.29, 0.717) is 16.0 Å². The van der Waals surface area contributed by atoms with E-state index in [-0.39, 0.29) is 61.0 Å². The molecule has 1 unspecified atom stereocenters. The topological polar surface area (TPSA) is 226 Å². The molecule has 0 bridgehead atoms. The number of nitrogens with zero attached hydrogens (tertiary/aromatic N) is 9. The van der Waals surface area contributed by atoms with Gasteiger partial charge in [-0.2, -0.15) is 0 Å². The van der Waals surface area contributed by atoms with Crippen molar-refractivity contribution in [2.45, 2.75) is 56.9 Å². The van der Waals surface area contributed by atoms with E-state index in [1.54, 1.807) is 14.1 Å². The lowest BCUT2D eigenvalue weighted by atomic mass is 9.78. The van der Waals surface area contributed by atoms with Crippen LogP contribution in [0.1, 0.15) is 37.4 Å². The largest absolute Gasteiger partial charge is 0.456 e. The number of nitro groups is 2. The zero-order valence-corrected chi connectivity index (χ0v) is 29.8. The number of likely N-dealkylation sites (tertiary alicyclic amines) is 1. The number of β-lactam (4-membered cyclic amide) rings is 1. The first kappa shape index (κ1) is 36.9. The molecule has 0 aliphatic carbocycles. The Labute approximate surface area is 306 Å². The molecule has 1 aromatic heterocycles. The molecule has 3 amide bonds. The molecule has 0 N–H and O–H groups in total. The number of hydrogen-bond donors (Lipinski definition) is 0. The van der Waals surface area contributed by atoms with E-state index in [1.165, 1.54) is 86.0 Å². The Kier molecular flexibility index (Phi) is 10.4. The van der Waals surface area contributed by atoms with Crippen LogP contribution < -0.4 is 0 Å². The number of rotatable bonds is 12. The van der Waals surface area contributed by atoms with Crippen molar-refractivity contribution in [1.82, 2.24) is 34.9 Å². The van der Waals surface area contributed by atoms with Gasteiger partial charge in [-0.15, -0.1) is 16.9 Å². The van der Waals surface area contributed by atoms with Crippen molar-refractivity contribution in [2.75, 3.05) is 20.6 Å². The van der Waals surface area contributed by atoms with Gasteiger partial charge in [0.25, 0.3) is 11.4 Å². The Morgan fingerprint density at radius 2 is 1.57 bits per heavy atom. The van der Waals surface area contributed by atoms with Crippen LogP contribution in [0.4, 0.5) is 16.2 Å². The third kappa shape index (κ3) is 7.26. The fraction of sp³-hybridized carbons (Fsp3) is 0.424. The van der Waals surface area contributed by atoms with Crippen LogP contribution in [-0.2, 0) is 37.1 Å². The number of carbonyl (C=O) groups is 4. The number of ether oxygens (including phenoxy) is 2. The number of aromatic nitrogens is 4. The van der Waals surface area contributed by atoms with Crippen molar-refractivity contribution >= 4 is 47.0 Å². The van der Waals surface area contributed by atoms with Crippen LogP contribution in [0.25, 0.3) is 0 Å². The molecular weight excluding hydrogens is 714 g/mol. The lowest BCUT2D eigenvalue weighted by Crippen LogP contribution is -2.62. The number of fused-ring (bicyclic) bond motifs is 1. The van der Waals surface area contributed by atoms with Crippen molar-refractivity contribution in [3.05, 3.63) is 96.8 Å². The van der Waals surface area contributed by atoms with Gasteiger partial charge >= 0.3 is 12.1 Å². The third-order valence-corrected chi connectivity index (χ3v) is 11.1. The number of benzene rings is 2. The Balaban J connectivity index is 1.23. The normalized spacial score (nSPS) is 22.6. The van der Waals surface area contributed by atoms with E-state index in [4.69, 9.17) is 9.47 Å². The summed E-state index contributed by atoms with van der Waals surface area (Å²) in [4.78, 5) is 80.1. The Morgan fingerprint density at radius 3 is 2.09 bits per heavy atom. The number of hydrogen-bond acceptors (Lipinski definition) is 14. The Bertz CT molecular complexity index is 1960. The molecule has 3 aliphatic heterocycles. The highest BCUT2D eigenvalue weighted by atomic mass is 32.2. The van der Waals surface area contributed by atoms with E-state index in [2.05, 4.69) is 15.5 Å². The number of esters is 1. The van der Waals surface area contributed by atoms with Gasteiger partial charge in [-0.3, -0.25) is 34.7 Å². The van der Waals surface area contributed by atoms with Gasteiger partial charge in [-0.1, -0.05) is 6.92 Å². The highest BCUT2D eigenvalue weighted by Crippen LogP contribution is 2.54. The van der Waals surface area contributed by atoms with Crippen molar-refractivity contribution in [3.63, 3.8) is 0 Å². The first-order valence-corrected chi connectivity index (χ1v) is 17.4. The molecule has 2 fully saturated rings. The molecule has 0 spiro atoms. The molecule has 20 heteroatoms. The molecule has 2 saturated heterocycles. The summed E-state index contributed by atoms with van der Waals surface area (Å²) in [6.07, 6.45) is 0.883. The van der Waals surface area contributed by atoms with Crippen LogP contribution in [0.3, 0.4) is 0 Å². The highest BCUT2D eigenvalue weighted by Gasteiger charge is 2.61. The number of nitro benzene ring substituents is 2. The number of amides is 3. The summed E-state index contributed by atoms with van der Waals surface area (Å²) in [6.45, 7) is 3.41. The van der Waals surface area contributed by atoms with Crippen LogP contribution in [-0.4, -0.2) is 107 Å². The van der Waals surface area contributed by atoms with Crippen molar-refractivity contribution in [2.24, 2.45) is 11.8 Å². The fourth-order valence-electron chi connectivity index (χ4n) is 6.86. The lowest BCUT2D eigenvalue weighted by Gasteiger charge is -2.47. The summed E-state index contributed by atoms with van der Waals surface area (Å²) in [5.74, 6) is -2.33. The summed E-state index contributed by atoms with van der Waals surface area (Å²) < 4.78 is 12.7. The van der Waals surface area contributed by atoms with Gasteiger partial charge in [-0.05, 0) is 59.2 Å². The second-order valence-corrected chi connectivity index (χ2v) is 14.5. The molecule has 2 aromatic carbocycles. The van der Waals surface area contributed by atoms with Crippen molar-refractivity contribution < 1.29 is 38.5 Å². The second-order valence-electron chi connectivity index (χ2n) is 13.1. The molecule has 0 radical (unpaired) electrons. The number of carbonyl (C=O) groups excluding carboxylic acids is 4. The van der Waals surface area contributed by atoms with E-state index in [1.807, 2.05) is 13.8 Å². The maximum Gasteiger partial charge on any atom is 0.410 e. The average Bonchev–Trinajstić information content (AvgIpc) is 3.88. The minimum absolute atomic E-state index is 0.0641. The van der Waals surface area contributed by atoms with E-state index in [0.717, 1.165) is 0 Å². The molecule has 3 aliphatic rings. The summed E-state index contributed by atoms with van der Waals surface area (Å²) in [7, 11) is 3.15. The minimum atomic E-state index is -0.882. The van der Waals surface area contributed by atoms with Crippen LogP contribution in [0.5, 0.6) is 0 Å². The number of tetrazole rings is 1. The molecule has 53 heavy (non-hydrogen) atoms. The van der Waals surface area contributed by atoms with Gasteiger partial charge in [0, 0.05) is 61.0 Å². The summed E-state index contributed by atoms with van der Waals surface area (Å²) in [5.41, 5.74) is 0.865. The molecule has 6 atom stereocenters.